The number of hydrogen-bond donors (Lipinski definition) is 1. The fourth-order valence-corrected chi connectivity index (χ4v) is 4.67. The molecule has 0 amide bonds. The summed E-state index contributed by atoms with van der Waals surface area (Å²) in [4.78, 5) is 10.8. The van der Waals surface area contributed by atoms with Crippen molar-refractivity contribution in [2.75, 3.05) is 0 Å². The minimum absolute atomic E-state index is 0.142. The number of fused-ring (bicyclic) bond motifs is 2. The number of aldehydes is 1. The summed E-state index contributed by atoms with van der Waals surface area (Å²) >= 11 is -1.55. The molecule has 2 fully saturated rings. The molecule has 0 aliphatic heterocycles. The molecule has 1 aromatic rings. The molecule has 2 unspecified atom stereocenters. The highest BCUT2D eigenvalue weighted by molar-refractivity contribution is 7.78. The first-order valence-corrected chi connectivity index (χ1v) is 8.20. The molecule has 20 heavy (non-hydrogen) atoms. The van der Waals surface area contributed by atoms with Gasteiger partial charge in [0.15, 0.2) is 0 Å². The van der Waals surface area contributed by atoms with E-state index in [1.807, 2.05) is 18.2 Å². The van der Waals surface area contributed by atoms with Crippen LogP contribution >= 0.6 is 0 Å². The molecule has 2 aliphatic rings. The van der Waals surface area contributed by atoms with Crippen molar-refractivity contribution in [3.8, 4) is 5.75 Å². The van der Waals surface area contributed by atoms with Crippen LogP contribution < -0.4 is 8.91 Å². The minimum atomic E-state index is -1.55. The normalized spacial score (nSPS) is 33.0. The molecule has 0 saturated heterocycles. The monoisotopic (exact) mass is 293 g/mol. The fraction of sp³-hybridized carbons (Fsp3) is 0.533. The third-order valence-electron chi connectivity index (χ3n) is 4.60. The first-order chi connectivity index (χ1) is 9.78. The summed E-state index contributed by atoms with van der Waals surface area (Å²) < 4.78 is 20.6. The predicted molar refractivity (Wildman–Crippen MR) is 77.1 cm³/mol. The Kier molecular flexibility index (Phi) is 4.17. The lowest BCUT2D eigenvalue weighted by atomic mass is 9.83. The second kappa shape index (κ2) is 6.06. The summed E-state index contributed by atoms with van der Waals surface area (Å²) in [6, 6.07) is 9.29. The Morgan fingerprint density at radius 3 is 2.75 bits per heavy atom. The molecule has 108 valence electrons. The van der Waals surface area contributed by atoms with E-state index in [1.165, 1.54) is 12.8 Å². The first-order valence-electron chi connectivity index (χ1n) is 7.13. The standard InChI is InChI=1S/C15H19NO3S/c17-9-8-14-11-6-7-12(10-11)15(14)16-20(18)19-13-4-2-1-3-5-13/h1-5,9,11-12,14-16H,6-8,10H2/t11-,12+,14+,15?,20?/m1/s1. The van der Waals surface area contributed by atoms with E-state index in [9.17, 15) is 9.00 Å². The van der Waals surface area contributed by atoms with Gasteiger partial charge in [0.05, 0.1) is 0 Å². The van der Waals surface area contributed by atoms with Crippen molar-refractivity contribution in [1.82, 2.24) is 4.72 Å². The minimum Gasteiger partial charge on any atom is -0.389 e. The topological polar surface area (TPSA) is 55.4 Å². The molecule has 0 aromatic heterocycles. The quantitative estimate of drug-likeness (QED) is 0.818. The third-order valence-corrected chi connectivity index (χ3v) is 5.41. The van der Waals surface area contributed by atoms with E-state index in [4.69, 9.17) is 4.18 Å². The number of hydrogen-bond acceptors (Lipinski definition) is 3. The molecule has 1 aromatic carbocycles. The van der Waals surface area contributed by atoms with E-state index in [0.717, 1.165) is 12.7 Å². The van der Waals surface area contributed by atoms with Gasteiger partial charge in [-0.2, -0.15) is 4.21 Å². The molecule has 0 radical (unpaired) electrons. The highest BCUT2D eigenvalue weighted by Crippen LogP contribution is 2.49. The lowest BCUT2D eigenvalue weighted by Gasteiger charge is -2.29. The second-order valence-corrected chi connectivity index (χ2v) is 6.55. The summed E-state index contributed by atoms with van der Waals surface area (Å²) in [5, 5.41) is 0. The van der Waals surface area contributed by atoms with Gasteiger partial charge in [-0.1, -0.05) is 18.2 Å². The highest BCUT2D eigenvalue weighted by atomic mass is 32.2. The number of rotatable bonds is 6. The lowest BCUT2D eigenvalue weighted by molar-refractivity contribution is -0.109. The Hall–Kier alpha value is -1.20. The highest BCUT2D eigenvalue weighted by Gasteiger charge is 2.47. The summed E-state index contributed by atoms with van der Waals surface area (Å²) in [5.74, 6) is 2.05. The first kappa shape index (κ1) is 13.8. The van der Waals surface area contributed by atoms with Crippen molar-refractivity contribution in [3.63, 3.8) is 0 Å². The molecular formula is C15H19NO3S. The molecule has 4 nitrogen and oxygen atoms in total. The zero-order valence-electron chi connectivity index (χ0n) is 11.2. The van der Waals surface area contributed by atoms with Crippen LogP contribution in [-0.2, 0) is 16.1 Å². The number of carbonyl (C=O) groups is 1. The van der Waals surface area contributed by atoms with Crippen LogP contribution in [0, 0.1) is 17.8 Å². The van der Waals surface area contributed by atoms with E-state index in [1.54, 1.807) is 12.1 Å². The molecule has 0 heterocycles. The van der Waals surface area contributed by atoms with E-state index in [0.29, 0.717) is 29.9 Å². The van der Waals surface area contributed by atoms with Gasteiger partial charge in [-0.05, 0) is 49.1 Å². The van der Waals surface area contributed by atoms with Crippen molar-refractivity contribution in [3.05, 3.63) is 30.3 Å². The summed E-state index contributed by atoms with van der Waals surface area (Å²) in [6.45, 7) is 0. The van der Waals surface area contributed by atoms with Crippen LogP contribution in [0.3, 0.4) is 0 Å². The fourth-order valence-electron chi connectivity index (χ4n) is 3.74. The van der Waals surface area contributed by atoms with E-state index < -0.39 is 11.3 Å². The van der Waals surface area contributed by atoms with Gasteiger partial charge in [-0.15, -0.1) is 0 Å². The SMILES string of the molecule is O=CC[C@@H]1C(NS(=O)Oc2ccccc2)[C@H]2CC[C@@H]1C2. The average Bonchev–Trinajstić information content (AvgIpc) is 3.03. The maximum Gasteiger partial charge on any atom is 0.288 e. The van der Waals surface area contributed by atoms with Gasteiger partial charge in [0.1, 0.15) is 12.0 Å². The van der Waals surface area contributed by atoms with Gasteiger partial charge in [-0.25, -0.2) is 4.72 Å². The van der Waals surface area contributed by atoms with Gasteiger partial charge < -0.3 is 8.98 Å². The Morgan fingerprint density at radius 2 is 2.00 bits per heavy atom. The maximum atomic E-state index is 12.1. The van der Waals surface area contributed by atoms with E-state index in [2.05, 4.69) is 4.72 Å². The van der Waals surface area contributed by atoms with Crippen LogP contribution in [-0.4, -0.2) is 16.5 Å². The molecule has 5 atom stereocenters. The molecular weight excluding hydrogens is 274 g/mol. The molecule has 0 spiro atoms. The van der Waals surface area contributed by atoms with Crippen LogP contribution in [0.5, 0.6) is 5.75 Å². The third kappa shape index (κ3) is 2.79. The van der Waals surface area contributed by atoms with Crippen LogP contribution in [0.4, 0.5) is 0 Å². The zero-order chi connectivity index (χ0) is 13.9. The van der Waals surface area contributed by atoms with Gasteiger partial charge in [0.2, 0.25) is 0 Å². The molecule has 3 rings (SSSR count). The molecule has 2 bridgehead atoms. The van der Waals surface area contributed by atoms with Gasteiger partial charge >= 0.3 is 0 Å². The van der Waals surface area contributed by atoms with Crippen LogP contribution in [0.2, 0.25) is 0 Å². The van der Waals surface area contributed by atoms with E-state index >= 15 is 0 Å². The van der Waals surface area contributed by atoms with Crippen molar-refractivity contribution >= 4 is 17.6 Å². The number of nitrogens with one attached hydrogen (secondary N) is 1. The van der Waals surface area contributed by atoms with Crippen LogP contribution in [0.1, 0.15) is 25.7 Å². The smallest absolute Gasteiger partial charge is 0.288 e. The summed E-state index contributed by atoms with van der Waals surface area (Å²) in [6.07, 6.45) is 5.06. The van der Waals surface area contributed by atoms with E-state index in [-0.39, 0.29) is 6.04 Å². The maximum absolute atomic E-state index is 12.1. The van der Waals surface area contributed by atoms with Crippen LogP contribution in [0.15, 0.2) is 30.3 Å². The molecule has 5 heteroatoms. The Labute approximate surface area is 121 Å². The summed E-state index contributed by atoms with van der Waals surface area (Å²) in [7, 11) is 0. The second-order valence-electron chi connectivity index (χ2n) is 5.67. The largest absolute Gasteiger partial charge is 0.389 e. The number of para-hydroxylation sites is 1. The van der Waals surface area contributed by atoms with Crippen molar-refractivity contribution < 1.29 is 13.2 Å². The van der Waals surface area contributed by atoms with Gasteiger partial charge in [-0.3, -0.25) is 0 Å². The van der Waals surface area contributed by atoms with Gasteiger partial charge in [0.25, 0.3) is 11.3 Å². The zero-order valence-corrected chi connectivity index (χ0v) is 12.1. The Morgan fingerprint density at radius 1 is 1.25 bits per heavy atom. The van der Waals surface area contributed by atoms with Gasteiger partial charge in [0, 0.05) is 12.5 Å². The Balaban J connectivity index is 1.61. The summed E-state index contributed by atoms with van der Waals surface area (Å²) in [5.41, 5.74) is 0. The number of benzene rings is 1. The molecule has 1 N–H and O–H groups in total. The number of carbonyl (C=O) groups excluding carboxylic acids is 1. The van der Waals surface area contributed by atoms with Crippen molar-refractivity contribution in [1.29, 1.82) is 0 Å². The molecule has 2 aliphatic carbocycles. The predicted octanol–water partition coefficient (Wildman–Crippen LogP) is 2.24. The average molecular weight is 293 g/mol. The lowest BCUT2D eigenvalue weighted by Crippen LogP contribution is -2.43. The Bertz CT molecular complexity index is 493. The van der Waals surface area contributed by atoms with Crippen LogP contribution in [0.25, 0.3) is 0 Å². The van der Waals surface area contributed by atoms with Crippen molar-refractivity contribution in [2.45, 2.75) is 31.7 Å². The molecule has 2 saturated carbocycles. The van der Waals surface area contributed by atoms with Crippen molar-refractivity contribution in [2.24, 2.45) is 17.8 Å².